The van der Waals surface area contributed by atoms with Gasteiger partial charge in [-0.05, 0) is 71.9 Å². The molecule has 4 rings (SSSR count). The number of rotatable bonds is 14. The van der Waals surface area contributed by atoms with Gasteiger partial charge in [-0.15, -0.1) is 11.3 Å². The predicted molar refractivity (Wildman–Crippen MR) is 209 cm³/mol. The Balaban J connectivity index is 1.61. The summed E-state index contributed by atoms with van der Waals surface area (Å²) in [6, 6.07) is 5.43. The van der Waals surface area contributed by atoms with E-state index in [0.717, 1.165) is 24.2 Å². The molecule has 1 aliphatic carbocycles. The highest BCUT2D eigenvalue weighted by atomic mass is 35.5. The number of ketones is 1. The van der Waals surface area contributed by atoms with Gasteiger partial charge in [0.15, 0.2) is 8.32 Å². The monoisotopic (exact) mass is 781 g/mol. The van der Waals surface area contributed by atoms with Gasteiger partial charge in [-0.1, -0.05) is 85.5 Å². The van der Waals surface area contributed by atoms with Crippen molar-refractivity contribution >= 4 is 62.8 Å². The summed E-state index contributed by atoms with van der Waals surface area (Å²) in [5.41, 5.74) is 1.82. The Kier molecular flexibility index (Phi) is 13.2. The molecule has 276 valence electrons. The van der Waals surface area contributed by atoms with Crippen molar-refractivity contribution < 1.29 is 23.1 Å². The maximum atomic E-state index is 14.6. The van der Waals surface area contributed by atoms with Gasteiger partial charge >= 0.3 is 0 Å². The Morgan fingerprint density at radius 2 is 1.70 bits per heavy atom. The maximum Gasteiger partial charge on any atom is 0.208 e. The molecule has 2 N–H and O–H groups in total. The molecule has 3 aromatic rings. The smallest absolute Gasteiger partial charge is 0.208 e. The van der Waals surface area contributed by atoms with Crippen LogP contribution in [-0.2, 0) is 8.85 Å². The normalized spacial score (nSPS) is 19.5. The van der Waals surface area contributed by atoms with E-state index in [2.05, 4.69) is 90.7 Å². The van der Waals surface area contributed by atoms with E-state index < -0.39 is 28.6 Å². The summed E-state index contributed by atoms with van der Waals surface area (Å²) in [6.45, 7) is 25.8. The number of anilines is 1. The number of aliphatic hydroxyl groups is 1. The summed E-state index contributed by atoms with van der Waals surface area (Å²) in [5.74, 6) is -0.369. The molecule has 1 aromatic carbocycles. The van der Waals surface area contributed by atoms with Crippen molar-refractivity contribution in [2.75, 3.05) is 11.9 Å². The van der Waals surface area contributed by atoms with Gasteiger partial charge in [-0.25, -0.2) is 14.4 Å². The second kappa shape index (κ2) is 16.1. The molecule has 0 spiro atoms. The molecular formula is C37H54Cl2FN3O4SSi2. The van der Waals surface area contributed by atoms with Crippen LogP contribution < -0.4 is 5.32 Å². The van der Waals surface area contributed by atoms with Crippen LogP contribution in [0.15, 0.2) is 36.8 Å². The van der Waals surface area contributed by atoms with Gasteiger partial charge in [0.2, 0.25) is 14.1 Å². The third-order valence-electron chi connectivity index (χ3n) is 10.9. The number of carbonyl (C=O) groups is 1. The minimum atomic E-state index is -2.20. The average molecular weight is 783 g/mol. The first kappa shape index (κ1) is 41.1. The van der Waals surface area contributed by atoms with E-state index in [0.29, 0.717) is 29.0 Å². The molecule has 50 heavy (non-hydrogen) atoms. The van der Waals surface area contributed by atoms with Crippen LogP contribution in [0, 0.1) is 11.7 Å². The summed E-state index contributed by atoms with van der Waals surface area (Å²) in [5, 5.41) is 15.0. The van der Waals surface area contributed by atoms with Gasteiger partial charge in [-0.2, -0.15) is 0 Å². The lowest BCUT2D eigenvalue weighted by molar-refractivity contribution is 0.0971. The summed E-state index contributed by atoms with van der Waals surface area (Å²) in [6.07, 6.45) is 3.09. The van der Waals surface area contributed by atoms with Crippen molar-refractivity contribution in [3.05, 3.63) is 73.5 Å². The minimum absolute atomic E-state index is 0.00385. The number of nitrogens with zero attached hydrogens (tertiary/aromatic N) is 2. The molecule has 0 radical (unpaired) electrons. The number of benzene rings is 1. The molecule has 1 saturated carbocycles. The van der Waals surface area contributed by atoms with Crippen molar-refractivity contribution in [3.8, 4) is 0 Å². The van der Waals surface area contributed by atoms with Crippen molar-refractivity contribution in [2.45, 2.75) is 128 Å². The minimum Gasteiger partial charge on any atom is -0.416 e. The van der Waals surface area contributed by atoms with Crippen LogP contribution in [0.25, 0.3) is 0 Å². The zero-order valence-electron chi connectivity index (χ0n) is 31.2. The van der Waals surface area contributed by atoms with E-state index in [1.807, 2.05) is 0 Å². The Labute approximate surface area is 314 Å². The average Bonchev–Trinajstić information content (AvgIpc) is 3.60. The summed E-state index contributed by atoms with van der Waals surface area (Å²) in [7, 11) is -4.21. The molecule has 0 unspecified atom stereocenters. The number of aliphatic hydroxyl groups excluding tert-OH is 1. The molecule has 0 aliphatic heterocycles. The van der Waals surface area contributed by atoms with Crippen LogP contribution in [0.2, 0.25) is 44.1 Å². The van der Waals surface area contributed by atoms with E-state index in [1.54, 1.807) is 0 Å². The second-order valence-electron chi connectivity index (χ2n) is 16.1. The van der Waals surface area contributed by atoms with E-state index in [9.17, 15) is 14.3 Å². The Morgan fingerprint density at radius 1 is 1.06 bits per heavy atom. The van der Waals surface area contributed by atoms with Crippen LogP contribution in [-0.4, -0.2) is 56.2 Å². The van der Waals surface area contributed by atoms with Crippen LogP contribution in [0.4, 0.5) is 10.2 Å². The van der Waals surface area contributed by atoms with E-state index in [1.165, 1.54) is 36.8 Å². The van der Waals surface area contributed by atoms with Gasteiger partial charge < -0.3 is 19.3 Å². The molecule has 2 heterocycles. The van der Waals surface area contributed by atoms with Crippen LogP contribution in [0.1, 0.15) is 108 Å². The molecule has 1 aliphatic rings. The molecule has 13 heteroatoms. The molecule has 2 aromatic heterocycles. The fourth-order valence-corrected chi connectivity index (χ4v) is 15.4. The number of aromatic nitrogens is 2. The lowest BCUT2D eigenvalue weighted by atomic mass is 10.0. The van der Waals surface area contributed by atoms with Crippen molar-refractivity contribution in [2.24, 2.45) is 5.92 Å². The van der Waals surface area contributed by atoms with E-state index in [4.69, 9.17) is 32.1 Å². The molecule has 0 bridgehead atoms. The highest BCUT2D eigenvalue weighted by Crippen LogP contribution is 2.47. The molecule has 4 atom stereocenters. The number of thiophene rings is 1. The van der Waals surface area contributed by atoms with Gasteiger partial charge in [0.1, 0.15) is 24.1 Å². The maximum absolute atomic E-state index is 14.6. The largest absolute Gasteiger partial charge is 0.416 e. The van der Waals surface area contributed by atoms with Crippen molar-refractivity contribution in [3.63, 3.8) is 0 Å². The Morgan fingerprint density at radius 3 is 2.30 bits per heavy atom. The third-order valence-corrected chi connectivity index (χ3v) is 23.2. The standard InChI is InChI=1S/C37H54Cl2FN3O4SSi2/c1-21(2)50(22(3)4,23(5)6)47-31-16-26(14-24(31)19-46-49(10,11)37(7,8)9)43-36-29(18-41-20-42-36)34(45)32-17-28(35(39)48-32)33(44)27-15-25(38)12-13-30(27)40/h12-13,15,17-18,20-24,26,31,33,44H,14,16,19H2,1-11H3,(H,41,42,43)/t24-,26-,31+,33-/m1/s1. The fourth-order valence-electron chi connectivity index (χ4n) is 7.24. The van der Waals surface area contributed by atoms with Crippen LogP contribution >= 0.6 is 34.5 Å². The third kappa shape index (κ3) is 8.73. The lowest BCUT2D eigenvalue weighted by Crippen LogP contribution is -2.51. The summed E-state index contributed by atoms with van der Waals surface area (Å²) < 4.78 is 29.0. The summed E-state index contributed by atoms with van der Waals surface area (Å²) >= 11 is 13.6. The highest BCUT2D eigenvalue weighted by molar-refractivity contribution is 7.18. The first-order valence-electron chi connectivity index (χ1n) is 17.5. The first-order valence-corrected chi connectivity index (χ1v) is 24.2. The number of carbonyl (C=O) groups excluding carboxylic acids is 1. The van der Waals surface area contributed by atoms with E-state index >= 15 is 0 Å². The Bertz CT molecular complexity index is 1630. The van der Waals surface area contributed by atoms with Crippen LogP contribution in [0.3, 0.4) is 0 Å². The van der Waals surface area contributed by atoms with Gasteiger partial charge in [-0.3, -0.25) is 4.79 Å². The van der Waals surface area contributed by atoms with Crippen molar-refractivity contribution in [1.82, 2.24) is 9.97 Å². The molecular weight excluding hydrogens is 729 g/mol. The quantitative estimate of drug-likeness (QED) is 0.124. The fraction of sp³-hybridized carbons (Fsp3) is 0.595. The number of halogens is 3. The van der Waals surface area contributed by atoms with Gasteiger partial charge in [0.25, 0.3) is 0 Å². The van der Waals surface area contributed by atoms with E-state index in [-0.39, 0.29) is 59.8 Å². The second-order valence-corrected chi connectivity index (χ2v) is 28.4. The van der Waals surface area contributed by atoms with Gasteiger partial charge in [0.05, 0.1) is 20.9 Å². The highest BCUT2D eigenvalue weighted by Gasteiger charge is 2.50. The lowest BCUT2D eigenvalue weighted by Gasteiger charge is -2.45. The number of nitrogens with one attached hydrogen (secondary N) is 1. The SMILES string of the molecule is CC(C)[Si](O[C@H]1C[C@H](Nc2ncncc2C(=O)c2cc([C@H](O)c3cc(Cl)ccc3F)c(Cl)s2)C[C@@H]1CO[Si](C)(C)C(C)(C)C)(C(C)C)C(C)C. The summed E-state index contributed by atoms with van der Waals surface area (Å²) in [4.78, 5) is 22.9. The number of hydrogen-bond donors (Lipinski definition) is 2. The van der Waals surface area contributed by atoms with Crippen molar-refractivity contribution in [1.29, 1.82) is 0 Å². The zero-order chi connectivity index (χ0) is 37.3. The molecule has 0 saturated heterocycles. The van der Waals surface area contributed by atoms with Crippen LogP contribution in [0.5, 0.6) is 0 Å². The first-order chi connectivity index (χ1) is 23.2. The Hall–Kier alpha value is -1.71. The molecule has 0 amide bonds. The van der Waals surface area contributed by atoms with Gasteiger partial charge in [0, 0.05) is 40.9 Å². The predicted octanol–water partition coefficient (Wildman–Crippen LogP) is 11.1. The molecule has 7 nitrogen and oxygen atoms in total. The zero-order valence-corrected chi connectivity index (χ0v) is 35.6. The molecule has 1 fully saturated rings. The topological polar surface area (TPSA) is 93.6 Å². The number of hydrogen-bond acceptors (Lipinski definition) is 8.